The number of anilines is 1. The summed E-state index contributed by atoms with van der Waals surface area (Å²) in [6.07, 6.45) is 2.85. The highest BCUT2D eigenvalue weighted by Crippen LogP contribution is 2.43. The summed E-state index contributed by atoms with van der Waals surface area (Å²) in [4.78, 5) is 27.6. The van der Waals surface area contributed by atoms with Crippen LogP contribution in [0.15, 0.2) is 54.1 Å². The molecule has 3 aromatic rings. The molecule has 8 heteroatoms. The van der Waals surface area contributed by atoms with Crippen LogP contribution in [0, 0.1) is 6.92 Å². The van der Waals surface area contributed by atoms with E-state index in [2.05, 4.69) is 24.0 Å². The molecule has 0 spiro atoms. The first-order valence-corrected chi connectivity index (χ1v) is 12.2. The maximum Gasteiger partial charge on any atom is 0.301 e. The maximum absolute atomic E-state index is 13.2. The van der Waals surface area contributed by atoms with E-state index in [9.17, 15) is 14.7 Å². The molecule has 1 aliphatic rings. The van der Waals surface area contributed by atoms with Crippen LogP contribution in [0.2, 0.25) is 0 Å². The largest absolute Gasteiger partial charge is 0.507 e. The van der Waals surface area contributed by atoms with E-state index in [1.54, 1.807) is 31.2 Å². The number of carbonyl (C=O) groups excluding carboxylic acids is 2. The van der Waals surface area contributed by atoms with Crippen molar-refractivity contribution in [3.8, 4) is 5.75 Å². The minimum Gasteiger partial charge on any atom is -0.507 e. The molecule has 2 heterocycles. The minimum atomic E-state index is -0.807. The summed E-state index contributed by atoms with van der Waals surface area (Å²) in [6, 6.07) is 13.8. The van der Waals surface area contributed by atoms with Gasteiger partial charge in [-0.1, -0.05) is 55.9 Å². The zero-order chi connectivity index (χ0) is 24.2. The van der Waals surface area contributed by atoms with Gasteiger partial charge in [0.1, 0.15) is 16.5 Å². The molecule has 7 nitrogen and oxygen atoms in total. The van der Waals surface area contributed by atoms with Gasteiger partial charge in [0, 0.05) is 5.56 Å². The number of ketones is 1. The van der Waals surface area contributed by atoms with Crippen molar-refractivity contribution >= 4 is 33.9 Å². The Balaban J connectivity index is 1.78. The smallest absolute Gasteiger partial charge is 0.301 e. The van der Waals surface area contributed by atoms with Crippen molar-refractivity contribution in [1.29, 1.82) is 0 Å². The zero-order valence-electron chi connectivity index (χ0n) is 19.4. The number of amides is 1. The zero-order valence-corrected chi connectivity index (χ0v) is 20.3. The second kappa shape index (κ2) is 10.2. The second-order valence-corrected chi connectivity index (χ2v) is 9.25. The van der Waals surface area contributed by atoms with Crippen LogP contribution >= 0.6 is 11.3 Å². The number of aliphatic hydroxyl groups is 1. The molecule has 1 atom stereocenters. The molecule has 1 saturated heterocycles. The topological polar surface area (TPSA) is 92.6 Å². The average Bonchev–Trinajstić information content (AvgIpc) is 3.39. The lowest BCUT2D eigenvalue weighted by Gasteiger charge is -2.22. The number of rotatable bonds is 8. The summed E-state index contributed by atoms with van der Waals surface area (Å²) in [7, 11) is 0. The predicted octanol–water partition coefficient (Wildman–Crippen LogP) is 5.21. The van der Waals surface area contributed by atoms with Crippen molar-refractivity contribution in [3.05, 3.63) is 75.8 Å². The number of benzene rings is 2. The number of hydrogen-bond donors (Lipinski definition) is 1. The Kier molecular flexibility index (Phi) is 7.07. The fourth-order valence-electron chi connectivity index (χ4n) is 3.86. The van der Waals surface area contributed by atoms with Crippen LogP contribution in [0.1, 0.15) is 54.4 Å². The molecule has 0 aliphatic carbocycles. The molecule has 1 aliphatic heterocycles. The van der Waals surface area contributed by atoms with E-state index < -0.39 is 17.7 Å². The van der Waals surface area contributed by atoms with E-state index >= 15 is 0 Å². The molecular weight excluding hydrogens is 450 g/mol. The molecular formula is C26H27N3O4S. The average molecular weight is 478 g/mol. The van der Waals surface area contributed by atoms with E-state index in [-0.39, 0.29) is 11.3 Å². The van der Waals surface area contributed by atoms with E-state index in [4.69, 9.17) is 4.74 Å². The lowest BCUT2D eigenvalue weighted by atomic mass is 9.94. The van der Waals surface area contributed by atoms with Gasteiger partial charge in [0.2, 0.25) is 5.13 Å². The Morgan fingerprint density at radius 1 is 1.06 bits per heavy atom. The summed E-state index contributed by atoms with van der Waals surface area (Å²) in [5.41, 5.74) is 2.31. The van der Waals surface area contributed by atoms with Crippen LogP contribution in [-0.4, -0.2) is 33.6 Å². The third-order valence-corrected chi connectivity index (χ3v) is 6.60. The van der Waals surface area contributed by atoms with Crippen molar-refractivity contribution in [1.82, 2.24) is 10.2 Å². The van der Waals surface area contributed by atoms with Crippen LogP contribution in [-0.2, 0) is 16.0 Å². The van der Waals surface area contributed by atoms with Gasteiger partial charge in [-0.3, -0.25) is 14.5 Å². The lowest BCUT2D eigenvalue weighted by Crippen LogP contribution is -2.29. The van der Waals surface area contributed by atoms with Crippen molar-refractivity contribution in [2.75, 3.05) is 11.5 Å². The Morgan fingerprint density at radius 3 is 2.35 bits per heavy atom. The van der Waals surface area contributed by atoms with Crippen LogP contribution in [0.4, 0.5) is 5.13 Å². The maximum atomic E-state index is 13.2. The highest BCUT2D eigenvalue weighted by Gasteiger charge is 2.48. The number of hydrogen-bond acceptors (Lipinski definition) is 7. The monoisotopic (exact) mass is 477 g/mol. The number of Topliss-reactive ketones (excluding diaryl/α,β-unsaturated/α-hetero) is 1. The molecule has 34 heavy (non-hydrogen) atoms. The van der Waals surface area contributed by atoms with Crippen molar-refractivity contribution in [2.45, 2.75) is 46.1 Å². The SMILES string of the molecule is CCCCOc1ccc(/C(O)=C2\C(=O)C(=O)N(c3nnc(C)s3)C2c2ccc(CC)cc2)cc1. The standard InChI is InChI=1S/C26H27N3O4S/c1-4-6-15-33-20-13-11-19(12-14-20)23(30)21-22(18-9-7-17(5-2)8-10-18)29(25(32)24(21)31)26-28-27-16(3)34-26/h7-14,22,30H,4-6,15H2,1-3H3/b23-21+. The van der Waals surface area contributed by atoms with E-state index in [1.807, 2.05) is 24.3 Å². The summed E-state index contributed by atoms with van der Waals surface area (Å²) in [5.74, 6) is -1.03. The van der Waals surface area contributed by atoms with E-state index in [0.29, 0.717) is 33.6 Å². The molecule has 1 fully saturated rings. The third kappa shape index (κ3) is 4.59. The van der Waals surface area contributed by atoms with E-state index in [0.717, 1.165) is 24.8 Å². The first-order valence-electron chi connectivity index (χ1n) is 11.4. The van der Waals surface area contributed by atoms with Crippen LogP contribution in [0.25, 0.3) is 5.76 Å². The van der Waals surface area contributed by atoms with Crippen LogP contribution < -0.4 is 9.64 Å². The van der Waals surface area contributed by atoms with Crippen molar-refractivity contribution in [2.24, 2.45) is 0 Å². The van der Waals surface area contributed by atoms with Gasteiger partial charge in [0.25, 0.3) is 5.78 Å². The summed E-state index contributed by atoms with van der Waals surface area (Å²) >= 11 is 1.23. The first-order chi connectivity index (χ1) is 16.4. The molecule has 2 aromatic carbocycles. The third-order valence-electron chi connectivity index (χ3n) is 5.76. The number of unbranched alkanes of at least 4 members (excludes halogenated alkanes) is 1. The van der Waals surface area contributed by atoms with Gasteiger partial charge in [-0.2, -0.15) is 0 Å². The summed E-state index contributed by atoms with van der Waals surface area (Å²) in [6.45, 7) is 6.55. The van der Waals surface area contributed by atoms with Gasteiger partial charge in [-0.15, -0.1) is 10.2 Å². The Bertz CT molecular complexity index is 1220. The van der Waals surface area contributed by atoms with Gasteiger partial charge >= 0.3 is 5.91 Å². The first kappa shape index (κ1) is 23.6. The van der Waals surface area contributed by atoms with Crippen LogP contribution in [0.3, 0.4) is 0 Å². The molecule has 1 aromatic heterocycles. The number of nitrogens with zero attached hydrogens (tertiary/aromatic N) is 3. The summed E-state index contributed by atoms with van der Waals surface area (Å²) < 4.78 is 5.69. The molecule has 1 N–H and O–H groups in total. The van der Waals surface area contributed by atoms with Gasteiger partial charge < -0.3 is 9.84 Å². The minimum absolute atomic E-state index is 0.0294. The molecule has 0 radical (unpaired) electrons. The highest BCUT2D eigenvalue weighted by molar-refractivity contribution is 7.15. The molecule has 176 valence electrons. The number of aromatic nitrogens is 2. The molecule has 1 unspecified atom stereocenters. The Labute approximate surface area is 202 Å². The number of aliphatic hydroxyl groups excluding tert-OH is 1. The van der Waals surface area contributed by atoms with Gasteiger partial charge in [0.15, 0.2) is 0 Å². The lowest BCUT2D eigenvalue weighted by molar-refractivity contribution is -0.132. The van der Waals surface area contributed by atoms with Gasteiger partial charge in [-0.25, -0.2) is 0 Å². The predicted molar refractivity (Wildman–Crippen MR) is 132 cm³/mol. The highest BCUT2D eigenvalue weighted by atomic mass is 32.1. The van der Waals surface area contributed by atoms with E-state index in [1.165, 1.54) is 16.2 Å². The quantitative estimate of drug-likeness (QED) is 0.207. The Morgan fingerprint density at radius 2 is 1.76 bits per heavy atom. The molecule has 4 rings (SSSR count). The van der Waals surface area contributed by atoms with Crippen molar-refractivity contribution in [3.63, 3.8) is 0 Å². The molecule has 0 bridgehead atoms. The van der Waals surface area contributed by atoms with Crippen molar-refractivity contribution < 1.29 is 19.4 Å². The molecule has 1 amide bonds. The van der Waals surface area contributed by atoms with Crippen LogP contribution in [0.5, 0.6) is 5.75 Å². The fraction of sp³-hybridized carbons (Fsp3) is 0.308. The number of aryl methyl sites for hydroxylation is 2. The second-order valence-electron chi connectivity index (χ2n) is 8.09. The van der Waals surface area contributed by atoms with Gasteiger partial charge in [0.05, 0.1) is 18.2 Å². The summed E-state index contributed by atoms with van der Waals surface area (Å²) in [5, 5.41) is 20.3. The fourth-order valence-corrected chi connectivity index (χ4v) is 4.58. The Hall–Kier alpha value is -3.52. The van der Waals surface area contributed by atoms with Gasteiger partial charge in [-0.05, 0) is 55.2 Å². The normalized spacial score (nSPS) is 17.4. The number of ether oxygens (including phenoxy) is 1. The molecule has 0 saturated carbocycles. The number of carbonyl (C=O) groups is 2.